The van der Waals surface area contributed by atoms with Gasteiger partial charge in [0, 0.05) is 11.8 Å². The van der Waals surface area contributed by atoms with Crippen molar-refractivity contribution in [3.8, 4) is 5.75 Å². The molecule has 24 heavy (non-hydrogen) atoms. The number of ether oxygens (including phenoxy) is 1. The summed E-state index contributed by atoms with van der Waals surface area (Å²) in [6.07, 6.45) is 3.53. The number of anilines is 1. The molecule has 5 nitrogen and oxygen atoms in total. The molecule has 0 spiro atoms. The first-order valence-electron chi connectivity index (χ1n) is 7.33. The largest absolute Gasteiger partial charge is 0.490 e. The van der Waals surface area contributed by atoms with Gasteiger partial charge in [0.1, 0.15) is 30.7 Å². The maximum Gasteiger partial charge on any atom is 0.170 e. The molecule has 3 aromatic rings. The highest BCUT2D eigenvalue weighted by Crippen LogP contribution is 2.28. The van der Waals surface area contributed by atoms with Gasteiger partial charge in [-0.25, -0.2) is 18.3 Å². The Morgan fingerprint density at radius 2 is 2.21 bits per heavy atom. The van der Waals surface area contributed by atoms with Gasteiger partial charge in [0.25, 0.3) is 0 Å². The molecule has 0 fully saturated rings. The van der Waals surface area contributed by atoms with E-state index in [1.165, 1.54) is 18.2 Å². The number of fused-ring (bicyclic) bond motifs is 1. The Balaban J connectivity index is 1.86. The van der Waals surface area contributed by atoms with Crippen molar-refractivity contribution in [1.29, 1.82) is 0 Å². The van der Waals surface area contributed by atoms with Crippen LogP contribution in [0.4, 0.5) is 14.6 Å². The van der Waals surface area contributed by atoms with Gasteiger partial charge in [-0.05, 0) is 53.8 Å². The third-order valence-corrected chi connectivity index (χ3v) is 4.22. The highest BCUT2D eigenvalue weighted by atomic mass is 127. The average Bonchev–Trinajstić information content (AvgIpc) is 2.94. The van der Waals surface area contributed by atoms with E-state index in [2.05, 4.69) is 38.0 Å². The number of rotatable bonds is 6. The second-order valence-corrected chi connectivity index (χ2v) is 6.32. The number of alkyl halides is 1. The monoisotopic (exact) mass is 444 g/mol. The van der Waals surface area contributed by atoms with E-state index < -0.39 is 6.67 Å². The molecule has 126 valence electrons. The van der Waals surface area contributed by atoms with Crippen molar-refractivity contribution in [2.45, 2.75) is 13.0 Å². The maximum atomic E-state index is 13.6. The fourth-order valence-corrected chi connectivity index (χ4v) is 2.85. The number of benzene rings is 1. The third-order valence-electron chi connectivity index (χ3n) is 3.46. The summed E-state index contributed by atoms with van der Waals surface area (Å²) in [5.41, 5.74) is 1.34. The minimum atomic E-state index is -0.601. The Morgan fingerprint density at radius 1 is 1.38 bits per heavy atom. The van der Waals surface area contributed by atoms with E-state index in [1.54, 1.807) is 23.0 Å². The smallest absolute Gasteiger partial charge is 0.170 e. The molecule has 0 aliphatic carbocycles. The lowest BCUT2D eigenvalue weighted by atomic mass is 10.1. The third kappa shape index (κ3) is 3.58. The number of halogens is 3. The highest BCUT2D eigenvalue weighted by Gasteiger charge is 2.14. The Bertz CT molecular complexity index is 855. The van der Waals surface area contributed by atoms with Gasteiger partial charge < -0.3 is 10.1 Å². The van der Waals surface area contributed by atoms with Crippen LogP contribution in [0.5, 0.6) is 5.75 Å². The zero-order valence-electron chi connectivity index (χ0n) is 12.8. The lowest BCUT2D eigenvalue weighted by molar-refractivity contribution is 0.270. The summed E-state index contributed by atoms with van der Waals surface area (Å²) in [5, 5.41) is 7.39. The average molecular weight is 444 g/mol. The standard InChI is InChI=1S/C16H15F2IN4O/c1-10(12-8-11(18)2-3-14(12)24-7-5-17)21-15-4-6-23-16(22-15)13(19)9-20-23/h2-4,6,8-10H,5,7H2,1H3,(H,21,22). The molecule has 0 amide bonds. The number of nitrogens with zero attached hydrogens (tertiary/aromatic N) is 3. The second kappa shape index (κ2) is 7.29. The molecule has 0 aliphatic rings. The SMILES string of the molecule is CC(Nc1ccn2ncc(I)c2n1)c1cc(F)ccc1OCCF. The summed E-state index contributed by atoms with van der Waals surface area (Å²) in [4.78, 5) is 4.50. The number of aromatic nitrogens is 3. The first-order chi connectivity index (χ1) is 11.6. The van der Waals surface area contributed by atoms with E-state index in [4.69, 9.17) is 4.74 Å². The molecule has 1 N–H and O–H groups in total. The Kier molecular flexibility index (Phi) is 5.12. The molecule has 0 radical (unpaired) electrons. The molecule has 0 saturated carbocycles. The van der Waals surface area contributed by atoms with Crippen LogP contribution in [-0.4, -0.2) is 27.9 Å². The number of hydrogen-bond donors (Lipinski definition) is 1. The van der Waals surface area contributed by atoms with Crippen LogP contribution in [0.15, 0.2) is 36.7 Å². The Labute approximate surface area is 151 Å². The lowest BCUT2D eigenvalue weighted by Crippen LogP contribution is -2.11. The molecular formula is C16H15F2IN4O. The quantitative estimate of drug-likeness (QED) is 0.585. The molecule has 2 aromatic heterocycles. The predicted octanol–water partition coefficient (Wildman–Crippen LogP) is 3.99. The van der Waals surface area contributed by atoms with Crippen molar-refractivity contribution >= 4 is 34.1 Å². The van der Waals surface area contributed by atoms with Crippen molar-refractivity contribution < 1.29 is 13.5 Å². The van der Waals surface area contributed by atoms with Crippen molar-refractivity contribution in [1.82, 2.24) is 14.6 Å². The molecule has 0 bridgehead atoms. The first kappa shape index (κ1) is 16.9. The molecule has 3 rings (SSSR count). The van der Waals surface area contributed by atoms with Gasteiger partial charge in [-0.2, -0.15) is 5.10 Å². The molecule has 0 aliphatic heterocycles. The van der Waals surface area contributed by atoms with Gasteiger partial charge in [0.05, 0.1) is 15.8 Å². The summed E-state index contributed by atoms with van der Waals surface area (Å²) < 4.78 is 33.9. The highest BCUT2D eigenvalue weighted by molar-refractivity contribution is 14.1. The van der Waals surface area contributed by atoms with Gasteiger partial charge in [0.2, 0.25) is 0 Å². The molecule has 8 heteroatoms. The van der Waals surface area contributed by atoms with Crippen LogP contribution in [0.2, 0.25) is 0 Å². The normalized spacial score (nSPS) is 12.3. The number of hydrogen-bond acceptors (Lipinski definition) is 4. The zero-order chi connectivity index (χ0) is 17.1. The van der Waals surface area contributed by atoms with Crippen LogP contribution in [-0.2, 0) is 0 Å². The summed E-state index contributed by atoms with van der Waals surface area (Å²) in [7, 11) is 0. The van der Waals surface area contributed by atoms with Gasteiger partial charge >= 0.3 is 0 Å². The summed E-state index contributed by atoms with van der Waals surface area (Å²) in [6.45, 7) is 1.20. The van der Waals surface area contributed by atoms with E-state index in [0.717, 1.165) is 9.22 Å². The maximum absolute atomic E-state index is 13.6. The molecule has 0 saturated heterocycles. The van der Waals surface area contributed by atoms with E-state index in [1.807, 2.05) is 6.92 Å². The first-order valence-corrected chi connectivity index (χ1v) is 8.41. The Hall–Kier alpha value is -1.97. The molecule has 1 atom stereocenters. The predicted molar refractivity (Wildman–Crippen MR) is 95.6 cm³/mol. The van der Waals surface area contributed by atoms with E-state index in [-0.39, 0.29) is 18.5 Å². The van der Waals surface area contributed by atoms with Crippen molar-refractivity contribution in [2.75, 3.05) is 18.6 Å². The van der Waals surface area contributed by atoms with Crippen LogP contribution in [0, 0.1) is 9.39 Å². The van der Waals surface area contributed by atoms with Gasteiger partial charge in [-0.1, -0.05) is 0 Å². The summed E-state index contributed by atoms with van der Waals surface area (Å²) >= 11 is 2.16. The fraction of sp³-hybridized carbons (Fsp3) is 0.250. The summed E-state index contributed by atoms with van der Waals surface area (Å²) in [5.74, 6) is 0.711. The fourth-order valence-electron chi connectivity index (χ4n) is 2.36. The van der Waals surface area contributed by atoms with Gasteiger partial charge in [-0.3, -0.25) is 0 Å². The van der Waals surface area contributed by atoms with Crippen LogP contribution in [0.3, 0.4) is 0 Å². The minimum Gasteiger partial charge on any atom is -0.490 e. The van der Waals surface area contributed by atoms with Gasteiger partial charge in [-0.15, -0.1) is 0 Å². The molecular weight excluding hydrogens is 429 g/mol. The minimum absolute atomic E-state index is 0.0659. The van der Waals surface area contributed by atoms with E-state index in [0.29, 0.717) is 17.1 Å². The van der Waals surface area contributed by atoms with E-state index >= 15 is 0 Å². The van der Waals surface area contributed by atoms with E-state index in [9.17, 15) is 8.78 Å². The van der Waals surface area contributed by atoms with Crippen LogP contribution >= 0.6 is 22.6 Å². The Morgan fingerprint density at radius 3 is 3.00 bits per heavy atom. The zero-order valence-corrected chi connectivity index (χ0v) is 15.0. The molecule has 1 unspecified atom stereocenters. The van der Waals surface area contributed by atoms with Crippen molar-refractivity contribution in [2.24, 2.45) is 0 Å². The lowest BCUT2D eigenvalue weighted by Gasteiger charge is -2.18. The summed E-state index contributed by atoms with van der Waals surface area (Å²) in [6, 6.07) is 5.70. The second-order valence-electron chi connectivity index (χ2n) is 5.16. The van der Waals surface area contributed by atoms with Gasteiger partial charge in [0.15, 0.2) is 5.65 Å². The molecule has 2 heterocycles. The van der Waals surface area contributed by atoms with Crippen LogP contribution in [0.25, 0.3) is 5.65 Å². The number of nitrogens with one attached hydrogen (secondary N) is 1. The topological polar surface area (TPSA) is 51.5 Å². The van der Waals surface area contributed by atoms with Crippen molar-refractivity contribution in [3.05, 3.63) is 51.6 Å². The van der Waals surface area contributed by atoms with Crippen LogP contribution in [0.1, 0.15) is 18.5 Å². The molecule has 1 aromatic carbocycles. The van der Waals surface area contributed by atoms with Crippen LogP contribution < -0.4 is 10.1 Å². The van der Waals surface area contributed by atoms with Crippen molar-refractivity contribution in [3.63, 3.8) is 0 Å².